The number of piperidine rings is 1. The first-order valence-corrected chi connectivity index (χ1v) is 15.3. The van der Waals surface area contributed by atoms with E-state index in [4.69, 9.17) is 34.2 Å². The maximum Gasteiger partial charge on any atom is 0.280 e. The number of hydrogen-bond acceptors (Lipinski definition) is 13. The van der Waals surface area contributed by atoms with Crippen LogP contribution in [-0.2, 0) is 33.3 Å². The molecule has 16 nitrogen and oxygen atoms in total. The average molecular weight is 657 g/mol. The van der Waals surface area contributed by atoms with Crippen LogP contribution in [0.4, 0.5) is 5.69 Å². The molecule has 2 aromatic carbocycles. The van der Waals surface area contributed by atoms with Gasteiger partial charge in [-0.15, -0.1) is 5.10 Å². The quantitative estimate of drug-likeness (QED) is 0.0994. The lowest BCUT2D eigenvalue weighted by molar-refractivity contribution is -0.136. The molecule has 1 aliphatic heterocycles. The number of primary amides is 1. The van der Waals surface area contributed by atoms with E-state index in [1.165, 1.54) is 0 Å². The molecule has 47 heavy (non-hydrogen) atoms. The lowest BCUT2D eigenvalue weighted by atomic mass is 10.1. The molecule has 1 unspecified atom stereocenters. The van der Waals surface area contributed by atoms with E-state index in [-0.39, 0.29) is 18.7 Å². The van der Waals surface area contributed by atoms with Gasteiger partial charge >= 0.3 is 0 Å². The number of fused-ring (bicyclic) bond motifs is 1. The number of carbonyl (C=O) groups excluding carboxylic acids is 3. The topological polar surface area (TPSA) is 204 Å². The van der Waals surface area contributed by atoms with E-state index >= 15 is 0 Å². The second kappa shape index (κ2) is 19.2. The Morgan fingerprint density at radius 3 is 2.02 bits per heavy atom. The summed E-state index contributed by atoms with van der Waals surface area (Å²) in [5, 5.41) is 13.8. The molecule has 2 heterocycles. The Morgan fingerprint density at radius 1 is 0.830 bits per heavy atom. The first-order chi connectivity index (χ1) is 22.9. The van der Waals surface area contributed by atoms with Crippen LogP contribution in [0.25, 0.3) is 10.9 Å². The van der Waals surface area contributed by atoms with Gasteiger partial charge in [0.2, 0.25) is 11.8 Å². The molecule has 16 heteroatoms. The average Bonchev–Trinajstić information content (AvgIpc) is 3.06. The van der Waals surface area contributed by atoms with Crippen LogP contribution in [0, 0.1) is 0 Å². The van der Waals surface area contributed by atoms with Gasteiger partial charge in [-0.25, -0.2) is 0 Å². The summed E-state index contributed by atoms with van der Waals surface area (Å²) in [4.78, 5) is 48.0. The van der Waals surface area contributed by atoms with Crippen molar-refractivity contribution in [3.63, 3.8) is 0 Å². The number of ether oxygens (including phenoxy) is 6. The summed E-state index contributed by atoms with van der Waals surface area (Å²) in [7, 11) is 0. The Morgan fingerprint density at radius 2 is 1.43 bits per heavy atom. The van der Waals surface area contributed by atoms with Gasteiger partial charge in [-0.05, 0) is 42.8 Å². The van der Waals surface area contributed by atoms with Gasteiger partial charge < -0.3 is 39.5 Å². The fraction of sp³-hybridized carbons (Fsp3) is 0.484. The van der Waals surface area contributed by atoms with Crippen LogP contribution in [0.1, 0.15) is 29.2 Å². The van der Waals surface area contributed by atoms with Crippen molar-refractivity contribution < 1.29 is 42.8 Å². The number of aromatic nitrogens is 3. The molecule has 3 aromatic rings. The Labute approximate surface area is 270 Å². The number of amides is 3. The number of nitrogens with two attached hydrogens (primary N) is 1. The van der Waals surface area contributed by atoms with E-state index in [0.29, 0.717) is 107 Å². The van der Waals surface area contributed by atoms with E-state index in [0.717, 1.165) is 4.68 Å². The van der Waals surface area contributed by atoms with Gasteiger partial charge in [0.05, 0.1) is 71.5 Å². The summed E-state index contributed by atoms with van der Waals surface area (Å²) in [6, 6.07) is 10.9. The van der Waals surface area contributed by atoms with Crippen LogP contribution in [0.5, 0.6) is 5.75 Å². The standard InChI is InChI=1S/C31H40N6O10/c32-29(39)22-4-6-23(7-5-22)47-21-20-46-19-18-45-17-16-44-15-14-43-13-12-42-11-10-33-24-2-1-3-25-28(24)31(41)37(36-35-25)26-8-9-27(38)34-30(26)40/h1-7,26,33H,8-21H2,(H2,32,39)(H,34,38,40). The van der Waals surface area contributed by atoms with Gasteiger partial charge in [0.1, 0.15) is 23.9 Å². The number of imide groups is 1. The van der Waals surface area contributed by atoms with Gasteiger partial charge in [0.25, 0.3) is 11.5 Å². The molecular weight excluding hydrogens is 616 g/mol. The van der Waals surface area contributed by atoms with E-state index in [2.05, 4.69) is 20.9 Å². The minimum atomic E-state index is -0.890. The number of nitrogens with zero attached hydrogens (tertiary/aromatic N) is 3. The minimum absolute atomic E-state index is 0.127. The predicted molar refractivity (Wildman–Crippen MR) is 168 cm³/mol. The highest BCUT2D eigenvalue weighted by Crippen LogP contribution is 2.20. The van der Waals surface area contributed by atoms with Gasteiger partial charge in [-0.1, -0.05) is 11.3 Å². The van der Waals surface area contributed by atoms with Crippen LogP contribution >= 0.6 is 0 Å². The summed E-state index contributed by atoms with van der Waals surface area (Å²) in [6.07, 6.45) is 0.313. The molecule has 1 aliphatic rings. The van der Waals surface area contributed by atoms with E-state index in [1.54, 1.807) is 42.5 Å². The third-order valence-electron chi connectivity index (χ3n) is 6.90. The predicted octanol–water partition coefficient (Wildman–Crippen LogP) is 0.442. The monoisotopic (exact) mass is 656 g/mol. The normalized spacial score (nSPS) is 14.7. The first kappa shape index (κ1) is 35.4. The van der Waals surface area contributed by atoms with E-state index < -0.39 is 23.4 Å². The van der Waals surface area contributed by atoms with Crippen molar-refractivity contribution in [1.29, 1.82) is 0 Å². The second-order valence-electron chi connectivity index (χ2n) is 10.2. The zero-order valence-electron chi connectivity index (χ0n) is 26.0. The van der Waals surface area contributed by atoms with E-state index in [1.807, 2.05) is 0 Å². The first-order valence-electron chi connectivity index (χ1n) is 15.3. The molecule has 0 radical (unpaired) electrons. The molecule has 0 saturated carbocycles. The Bertz CT molecular complexity index is 1520. The van der Waals surface area contributed by atoms with Crippen molar-refractivity contribution in [1.82, 2.24) is 20.3 Å². The molecule has 254 valence electrons. The molecule has 1 fully saturated rings. The molecule has 4 N–H and O–H groups in total. The number of hydrogen-bond donors (Lipinski definition) is 3. The third-order valence-corrected chi connectivity index (χ3v) is 6.90. The SMILES string of the molecule is NC(=O)c1ccc(OCCOCCOCCOCCOCCOCCNc2cccc3nnn(C4CCC(=O)NC4=O)c(=O)c23)cc1. The fourth-order valence-corrected chi connectivity index (χ4v) is 4.54. The van der Waals surface area contributed by atoms with Crippen molar-refractivity contribution in [2.75, 3.05) is 84.5 Å². The van der Waals surface area contributed by atoms with Gasteiger partial charge in [0.15, 0.2) is 0 Å². The number of rotatable bonds is 22. The zero-order chi connectivity index (χ0) is 33.3. The molecule has 1 atom stereocenters. The Hall–Kier alpha value is -4.48. The summed E-state index contributed by atoms with van der Waals surface area (Å²) < 4.78 is 34.1. The number of carbonyl (C=O) groups is 3. The van der Waals surface area contributed by atoms with Gasteiger partial charge in [0, 0.05) is 24.2 Å². The maximum atomic E-state index is 13.2. The van der Waals surface area contributed by atoms with Crippen molar-refractivity contribution >= 4 is 34.3 Å². The Balaban J connectivity index is 0.969. The smallest absolute Gasteiger partial charge is 0.280 e. The summed E-state index contributed by atoms with van der Waals surface area (Å²) in [5.74, 6) is -0.783. The van der Waals surface area contributed by atoms with Crippen molar-refractivity contribution in [2.45, 2.75) is 18.9 Å². The molecule has 1 aromatic heterocycles. The van der Waals surface area contributed by atoms with Crippen LogP contribution in [0.3, 0.4) is 0 Å². The lowest BCUT2D eigenvalue weighted by Gasteiger charge is -2.21. The molecule has 4 rings (SSSR count). The largest absolute Gasteiger partial charge is 0.491 e. The highest BCUT2D eigenvalue weighted by atomic mass is 16.6. The summed E-state index contributed by atoms with van der Waals surface area (Å²) in [6.45, 7) is 4.98. The molecule has 0 spiro atoms. The second-order valence-corrected chi connectivity index (χ2v) is 10.2. The zero-order valence-corrected chi connectivity index (χ0v) is 26.0. The van der Waals surface area contributed by atoms with Crippen molar-refractivity contribution in [3.8, 4) is 5.75 Å². The Kier molecular flexibility index (Phi) is 14.5. The third kappa shape index (κ3) is 11.4. The highest BCUT2D eigenvalue weighted by molar-refractivity contribution is 5.99. The minimum Gasteiger partial charge on any atom is -0.491 e. The molecule has 3 amide bonds. The number of nitrogens with one attached hydrogen (secondary N) is 2. The molecular formula is C31H40N6O10. The van der Waals surface area contributed by atoms with Gasteiger partial charge in [-0.3, -0.25) is 24.5 Å². The van der Waals surface area contributed by atoms with Crippen LogP contribution in [0.2, 0.25) is 0 Å². The summed E-state index contributed by atoms with van der Waals surface area (Å²) in [5.41, 5.74) is 6.12. The molecule has 1 saturated heterocycles. The molecule has 0 bridgehead atoms. The number of anilines is 1. The van der Waals surface area contributed by atoms with Crippen molar-refractivity contribution in [3.05, 3.63) is 58.4 Å². The fourth-order valence-electron chi connectivity index (χ4n) is 4.54. The van der Waals surface area contributed by atoms with Gasteiger partial charge in [-0.2, -0.15) is 4.68 Å². The van der Waals surface area contributed by atoms with E-state index in [9.17, 15) is 19.2 Å². The van der Waals surface area contributed by atoms with Crippen LogP contribution in [0.15, 0.2) is 47.3 Å². The lowest BCUT2D eigenvalue weighted by Crippen LogP contribution is -2.45. The maximum absolute atomic E-state index is 13.2. The van der Waals surface area contributed by atoms with Crippen LogP contribution in [-0.4, -0.2) is 112 Å². The van der Waals surface area contributed by atoms with Crippen LogP contribution < -0.4 is 26.7 Å². The number of benzene rings is 2. The van der Waals surface area contributed by atoms with Crippen molar-refractivity contribution in [2.24, 2.45) is 5.73 Å². The highest BCUT2D eigenvalue weighted by Gasteiger charge is 2.30. The molecule has 0 aliphatic carbocycles. The summed E-state index contributed by atoms with van der Waals surface area (Å²) >= 11 is 0.